The summed E-state index contributed by atoms with van der Waals surface area (Å²) < 4.78 is 30.9. The number of sulfonamides is 1. The molecule has 2 rings (SSSR count). The van der Waals surface area contributed by atoms with Crippen molar-refractivity contribution in [3.63, 3.8) is 0 Å². The van der Waals surface area contributed by atoms with Gasteiger partial charge in [0.1, 0.15) is 5.75 Å². The number of hydrogen-bond donors (Lipinski definition) is 0. The average Bonchev–Trinajstić information content (AvgIpc) is 2.66. The summed E-state index contributed by atoms with van der Waals surface area (Å²) in [6, 6.07) is 11.6. The molecule has 0 unspecified atom stereocenters. The maximum absolute atomic E-state index is 13.0. The van der Waals surface area contributed by atoms with Crippen LogP contribution >= 0.6 is 11.6 Å². The van der Waals surface area contributed by atoms with Crippen LogP contribution in [0, 0.1) is 0 Å². The molecule has 27 heavy (non-hydrogen) atoms. The van der Waals surface area contributed by atoms with Gasteiger partial charge < -0.3 is 9.64 Å². The number of carbonyl (C=O) groups is 1. The highest BCUT2D eigenvalue weighted by atomic mass is 35.5. The third-order valence-corrected chi connectivity index (χ3v) is 6.29. The fourth-order valence-corrected chi connectivity index (χ4v) is 3.62. The minimum Gasteiger partial charge on any atom is -0.497 e. The standard InChI is InChI=1S/C19H23ClN2O4S/c1-5-22(13-14-6-8-15(26-4)9-7-14)19(23)17-12-16(10-11-18(17)20)27(24,25)21(2)3/h6-12H,5,13H2,1-4H3. The van der Waals surface area contributed by atoms with E-state index < -0.39 is 10.0 Å². The van der Waals surface area contributed by atoms with Crippen LogP contribution in [0.25, 0.3) is 0 Å². The number of benzene rings is 2. The SMILES string of the molecule is CCN(Cc1ccc(OC)cc1)C(=O)c1cc(S(=O)(=O)N(C)C)ccc1Cl. The predicted octanol–water partition coefficient (Wildman–Crippen LogP) is 3.26. The Morgan fingerprint density at radius 2 is 1.74 bits per heavy atom. The van der Waals surface area contributed by atoms with E-state index in [1.165, 1.54) is 32.3 Å². The number of hydrogen-bond acceptors (Lipinski definition) is 4. The van der Waals surface area contributed by atoms with Crippen LogP contribution in [-0.4, -0.2) is 51.3 Å². The van der Waals surface area contributed by atoms with Crippen molar-refractivity contribution >= 4 is 27.5 Å². The number of methoxy groups -OCH3 is 1. The van der Waals surface area contributed by atoms with Crippen molar-refractivity contribution in [2.24, 2.45) is 0 Å². The summed E-state index contributed by atoms with van der Waals surface area (Å²) in [4.78, 5) is 14.6. The zero-order valence-corrected chi connectivity index (χ0v) is 17.3. The minimum absolute atomic E-state index is 0.0285. The Balaban J connectivity index is 2.33. The predicted molar refractivity (Wildman–Crippen MR) is 106 cm³/mol. The molecule has 2 aromatic carbocycles. The maximum Gasteiger partial charge on any atom is 0.255 e. The van der Waals surface area contributed by atoms with Gasteiger partial charge in [0.2, 0.25) is 10.0 Å². The molecule has 0 radical (unpaired) electrons. The lowest BCUT2D eigenvalue weighted by molar-refractivity contribution is 0.0752. The molecule has 8 heteroatoms. The summed E-state index contributed by atoms with van der Waals surface area (Å²) in [6.07, 6.45) is 0. The summed E-state index contributed by atoms with van der Waals surface area (Å²) in [7, 11) is 0.808. The number of nitrogens with zero attached hydrogens (tertiary/aromatic N) is 2. The topological polar surface area (TPSA) is 66.9 Å². The van der Waals surface area contributed by atoms with Crippen LogP contribution in [0.3, 0.4) is 0 Å². The molecule has 0 aliphatic carbocycles. The lowest BCUT2D eigenvalue weighted by atomic mass is 10.1. The Morgan fingerprint density at radius 1 is 1.11 bits per heavy atom. The Morgan fingerprint density at radius 3 is 2.26 bits per heavy atom. The second-order valence-corrected chi connectivity index (χ2v) is 8.66. The van der Waals surface area contributed by atoms with E-state index in [4.69, 9.17) is 16.3 Å². The number of rotatable bonds is 7. The van der Waals surface area contributed by atoms with Gasteiger partial charge in [0, 0.05) is 27.2 Å². The van der Waals surface area contributed by atoms with Crippen LogP contribution < -0.4 is 4.74 Å². The van der Waals surface area contributed by atoms with E-state index in [1.807, 2.05) is 31.2 Å². The number of amides is 1. The van der Waals surface area contributed by atoms with Crippen molar-refractivity contribution in [1.29, 1.82) is 0 Å². The van der Waals surface area contributed by atoms with Crippen LogP contribution in [0.15, 0.2) is 47.4 Å². The lowest BCUT2D eigenvalue weighted by Gasteiger charge is -2.22. The average molecular weight is 411 g/mol. The van der Waals surface area contributed by atoms with Crippen LogP contribution in [0.5, 0.6) is 5.75 Å². The normalized spacial score (nSPS) is 11.5. The number of halogens is 1. The fraction of sp³-hybridized carbons (Fsp3) is 0.316. The second-order valence-electron chi connectivity index (χ2n) is 6.10. The molecule has 2 aromatic rings. The van der Waals surface area contributed by atoms with Gasteiger partial charge in [0.15, 0.2) is 0 Å². The summed E-state index contributed by atoms with van der Waals surface area (Å²) in [5.41, 5.74) is 1.09. The first kappa shape index (κ1) is 21.2. The van der Waals surface area contributed by atoms with Crippen molar-refractivity contribution in [2.45, 2.75) is 18.4 Å². The van der Waals surface area contributed by atoms with E-state index in [0.29, 0.717) is 13.1 Å². The van der Waals surface area contributed by atoms with Crippen LogP contribution in [0.2, 0.25) is 5.02 Å². The minimum atomic E-state index is -3.66. The largest absolute Gasteiger partial charge is 0.497 e. The molecule has 0 atom stereocenters. The van der Waals surface area contributed by atoms with Crippen molar-refractivity contribution in [3.8, 4) is 5.75 Å². The van der Waals surface area contributed by atoms with Crippen LogP contribution in [0.1, 0.15) is 22.8 Å². The molecule has 0 heterocycles. The van der Waals surface area contributed by atoms with Gasteiger partial charge in [-0.3, -0.25) is 4.79 Å². The molecule has 0 N–H and O–H groups in total. The van der Waals surface area contributed by atoms with Crippen molar-refractivity contribution in [3.05, 3.63) is 58.6 Å². The van der Waals surface area contributed by atoms with Crippen molar-refractivity contribution < 1.29 is 17.9 Å². The Hall–Kier alpha value is -2.09. The van der Waals surface area contributed by atoms with E-state index in [-0.39, 0.29) is 21.4 Å². The van der Waals surface area contributed by atoms with Gasteiger partial charge in [0.25, 0.3) is 5.91 Å². The molecule has 0 fully saturated rings. The smallest absolute Gasteiger partial charge is 0.255 e. The monoisotopic (exact) mass is 410 g/mol. The first-order chi connectivity index (χ1) is 12.7. The third-order valence-electron chi connectivity index (χ3n) is 4.15. The molecule has 0 saturated carbocycles. The van der Waals surface area contributed by atoms with E-state index in [2.05, 4.69) is 0 Å². The van der Waals surface area contributed by atoms with Gasteiger partial charge in [0.05, 0.1) is 22.6 Å². The second kappa shape index (κ2) is 8.73. The number of carbonyl (C=O) groups excluding carboxylic acids is 1. The Bertz CT molecular complexity index is 912. The van der Waals surface area contributed by atoms with Gasteiger partial charge in [-0.25, -0.2) is 12.7 Å². The summed E-state index contributed by atoms with van der Waals surface area (Å²) in [5.74, 6) is 0.409. The molecule has 0 aromatic heterocycles. The number of ether oxygens (including phenoxy) is 1. The van der Waals surface area contributed by atoms with E-state index in [1.54, 1.807) is 12.0 Å². The van der Waals surface area contributed by atoms with Gasteiger partial charge in [-0.15, -0.1) is 0 Å². The van der Waals surface area contributed by atoms with Crippen LogP contribution in [0.4, 0.5) is 0 Å². The van der Waals surface area contributed by atoms with Gasteiger partial charge >= 0.3 is 0 Å². The van der Waals surface area contributed by atoms with Gasteiger partial charge in [-0.1, -0.05) is 23.7 Å². The molecule has 6 nitrogen and oxygen atoms in total. The van der Waals surface area contributed by atoms with E-state index in [9.17, 15) is 13.2 Å². The highest BCUT2D eigenvalue weighted by Crippen LogP contribution is 2.24. The molecular weight excluding hydrogens is 388 g/mol. The van der Waals surface area contributed by atoms with Gasteiger partial charge in [-0.2, -0.15) is 0 Å². The third kappa shape index (κ3) is 4.80. The molecule has 1 amide bonds. The van der Waals surface area contributed by atoms with Crippen molar-refractivity contribution in [2.75, 3.05) is 27.7 Å². The molecular formula is C19H23ClN2O4S. The first-order valence-corrected chi connectivity index (χ1v) is 10.2. The lowest BCUT2D eigenvalue weighted by Crippen LogP contribution is -2.31. The molecule has 0 saturated heterocycles. The van der Waals surface area contributed by atoms with E-state index >= 15 is 0 Å². The fourth-order valence-electron chi connectivity index (χ4n) is 2.49. The zero-order valence-electron chi connectivity index (χ0n) is 15.8. The highest BCUT2D eigenvalue weighted by Gasteiger charge is 2.23. The summed E-state index contributed by atoms with van der Waals surface area (Å²) in [5, 5.41) is 0.214. The molecule has 146 valence electrons. The first-order valence-electron chi connectivity index (χ1n) is 8.35. The van der Waals surface area contributed by atoms with Crippen LogP contribution in [-0.2, 0) is 16.6 Å². The Labute approximate surface area is 165 Å². The maximum atomic E-state index is 13.0. The molecule has 0 spiro atoms. The summed E-state index contributed by atoms with van der Waals surface area (Å²) >= 11 is 6.19. The Kier molecular flexibility index (Phi) is 6.86. The molecule has 0 aliphatic heterocycles. The highest BCUT2D eigenvalue weighted by molar-refractivity contribution is 7.89. The molecule has 0 bridgehead atoms. The molecule has 0 aliphatic rings. The van der Waals surface area contributed by atoms with E-state index in [0.717, 1.165) is 15.6 Å². The van der Waals surface area contributed by atoms with Gasteiger partial charge in [-0.05, 0) is 42.8 Å². The van der Waals surface area contributed by atoms with Crippen molar-refractivity contribution in [1.82, 2.24) is 9.21 Å². The summed E-state index contributed by atoms with van der Waals surface area (Å²) in [6.45, 7) is 2.68. The zero-order chi connectivity index (χ0) is 20.2. The quantitative estimate of drug-likeness (QED) is 0.702.